The fraction of sp³-hybridized carbons (Fsp3) is 1.00. The summed E-state index contributed by atoms with van der Waals surface area (Å²) in [6, 6.07) is -6.15. The van der Waals surface area contributed by atoms with E-state index in [0.29, 0.717) is 0 Å². The Morgan fingerprint density at radius 1 is 0.571 bits per heavy atom. The van der Waals surface area contributed by atoms with Crippen LogP contribution in [0.3, 0.4) is 0 Å². The molecule has 0 spiro atoms. The Hall–Kier alpha value is -0.920. The van der Waals surface area contributed by atoms with E-state index in [2.05, 4.69) is 0 Å². The monoisotopic (exact) mass is 347 g/mol. The molecule has 0 aliphatic rings. The van der Waals surface area contributed by atoms with Crippen molar-refractivity contribution >= 4 is 0 Å². The van der Waals surface area contributed by atoms with E-state index in [4.69, 9.17) is 5.11 Å². The maximum Gasteiger partial charge on any atom is 0.423 e. The van der Waals surface area contributed by atoms with E-state index in [1.54, 1.807) is 0 Å². The van der Waals surface area contributed by atoms with Gasteiger partial charge in [0.2, 0.25) is 0 Å². The standard InChI is InChI=1S/C7H5F12NO/c1-20-6(16,17)4(12,13)2(8,9)3(10,11)5(14,15)7(18,19)21/h20-21H,1H3. The molecule has 128 valence electrons. The van der Waals surface area contributed by atoms with Gasteiger partial charge in [-0.1, -0.05) is 0 Å². The summed E-state index contributed by atoms with van der Waals surface area (Å²) >= 11 is 0. The van der Waals surface area contributed by atoms with E-state index < -0.39 is 35.8 Å². The van der Waals surface area contributed by atoms with Gasteiger partial charge in [0.25, 0.3) is 0 Å². The van der Waals surface area contributed by atoms with Crippen LogP contribution in [-0.4, -0.2) is 48.0 Å². The zero-order chi connectivity index (χ0) is 17.7. The van der Waals surface area contributed by atoms with E-state index in [9.17, 15) is 52.7 Å². The molecule has 0 aromatic heterocycles. The van der Waals surface area contributed by atoms with Crippen LogP contribution in [0.25, 0.3) is 0 Å². The maximum absolute atomic E-state index is 12.7. The van der Waals surface area contributed by atoms with Gasteiger partial charge in [-0.3, -0.25) is 5.32 Å². The van der Waals surface area contributed by atoms with E-state index in [1.807, 2.05) is 0 Å². The minimum Gasteiger partial charge on any atom is -0.331 e. The summed E-state index contributed by atoms with van der Waals surface area (Å²) < 4.78 is 150. The van der Waals surface area contributed by atoms with Gasteiger partial charge >= 0.3 is 35.8 Å². The summed E-state index contributed by atoms with van der Waals surface area (Å²) in [6.07, 6.45) is -6.88. The molecule has 0 aliphatic heterocycles. The number of nitrogens with one attached hydrogen (secondary N) is 1. The van der Waals surface area contributed by atoms with Gasteiger partial charge in [-0.25, -0.2) is 0 Å². The lowest BCUT2D eigenvalue weighted by atomic mass is 9.96. The minimum atomic E-state index is -7.72. The van der Waals surface area contributed by atoms with E-state index in [1.165, 1.54) is 0 Å². The highest BCUT2D eigenvalue weighted by molar-refractivity contribution is 5.09. The Morgan fingerprint density at radius 2 is 0.857 bits per heavy atom. The molecule has 2 N–H and O–H groups in total. The van der Waals surface area contributed by atoms with Crippen LogP contribution in [0, 0.1) is 0 Å². The molecule has 0 radical (unpaired) electrons. The molecule has 0 amide bonds. The van der Waals surface area contributed by atoms with Crippen LogP contribution in [0.15, 0.2) is 0 Å². The van der Waals surface area contributed by atoms with Gasteiger partial charge in [0, 0.05) is 0 Å². The van der Waals surface area contributed by atoms with Gasteiger partial charge in [0.1, 0.15) is 0 Å². The number of aliphatic hydroxyl groups is 1. The Morgan fingerprint density at radius 3 is 1.10 bits per heavy atom. The van der Waals surface area contributed by atoms with Gasteiger partial charge < -0.3 is 5.11 Å². The highest BCUT2D eigenvalue weighted by atomic mass is 19.4. The van der Waals surface area contributed by atoms with Gasteiger partial charge in [-0.2, -0.15) is 52.7 Å². The second kappa shape index (κ2) is 4.79. The minimum absolute atomic E-state index is 0.110. The van der Waals surface area contributed by atoms with Crippen molar-refractivity contribution in [1.82, 2.24) is 5.32 Å². The van der Waals surface area contributed by atoms with Crippen LogP contribution < -0.4 is 5.32 Å². The molecule has 0 aromatic carbocycles. The molecule has 21 heavy (non-hydrogen) atoms. The third-order valence-corrected chi connectivity index (χ3v) is 2.27. The Labute approximate surface area is 107 Å². The number of hydrogen-bond acceptors (Lipinski definition) is 2. The summed E-state index contributed by atoms with van der Waals surface area (Å²) in [4.78, 5) is 0. The molecule has 0 aliphatic carbocycles. The molecule has 0 bridgehead atoms. The first-order valence-corrected chi connectivity index (χ1v) is 4.49. The lowest BCUT2D eigenvalue weighted by Gasteiger charge is -2.39. The number of halogens is 12. The van der Waals surface area contributed by atoms with Crippen molar-refractivity contribution in [2.45, 2.75) is 35.8 Å². The zero-order valence-electron chi connectivity index (χ0n) is 9.48. The van der Waals surface area contributed by atoms with Gasteiger partial charge in [-0.15, -0.1) is 0 Å². The molecule has 0 rings (SSSR count). The van der Waals surface area contributed by atoms with Crippen molar-refractivity contribution in [2.24, 2.45) is 0 Å². The number of alkyl halides is 12. The quantitative estimate of drug-likeness (QED) is 0.572. The molecule has 14 heteroatoms. The normalized spacial score (nSPS) is 16.3. The molecular formula is C7H5F12NO. The topological polar surface area (TPSA) is 32.3 Å². The number of rotatable bonds is 6. The zero-order valence-corrected chi connectivity index (χ0v) is 9.48. The maximum atomic E-state index is 12.7. The predicted molar refractivity (Wildman–Crippen MR) is 41.0 cm³/mol. The van der Waals surface area contributed by atoms with Crippen molar-refractivity contribution in [2.75, 3.05) is 7.05 Å². The van der Waals surface area contributed by atoms with Crippen molar-refractivity contribution in [3.63, 3.8) is 0 Å². The summed E-state index contributed by atoms with van der Waals surface area (Å²) in [5.74, 6) is -30.0. The first kappa shape index (κ1) is 20.1. The third kappa shape index (κ3) is 2.51. The molecule has 0 unspecified atom stereocenters. The van der Waals surface area contributed by atoms with E-state index in [0.717, 1.165) is 0 Å². The van der Waals surface area contributed by atoms with Crippen LogP contribution in [0.4, 0.5) is 52.7 Å². The fourth-order valence-corrected chi connectivity index (χ4v) is 0.937. The van der Waals surface area contributed by atoms with Crippen LogP contribution in [-0.2, 0) is 0 Å². The summed E-state index contributed by atoms with van der Waals surface area (Å²) in [5.41, 5.74) is 0. The predicted octanol–water partition coefficient (Wildman–Crippen LogP) is 2.92. The molecule has 0 saturated carbocycles. The van der Waals surface area contributed by atoms with Crippen LogP contribution in [0.5, 0.6) is 0 Å². The van der Waals surface area contributed by atoms with Crippen molar-refractivity contribution in [3.8, 4) is 0 Å². The van der Waals surface area contributed by atoms with Crippen LogP contribution in [0.1, 0.15) is 0 Å². The average Bonchev–Trinajstić information content (AvgIpc) is 2.26. The Bertz CT molecular complexity index is 386. The van der Waals surface area contributed by atoms with Crippen molar-refractivity contribution in [3.05, 3.63) is 0 Å². The SMILES string of the molecule is CNC(F)(F)C(F)(F)C(F)(F)C(F)(F)C(F)(F)C(O)(F)F. The fourth-order valence-electron chi connectivity index (χ4n) is 0.937. The van der Waals surface area contributed by atoms with E-state index in [-0.39, 0.29) is 12.4 Å². The highest BCUT2D eigenvalue weighted by Crippen LogP contribution is 2.58. The van der Waals surface area contributed by atoms with Crippen LogP contribution in [0.2, 0.25) is 0 Å². The van der Waals surface area contributed by atoms with E-state index >= 15 is 0 Å². The summed E-state index contributed by atoms with van der Waals surface area (Å²) in [5, 5.41) is 7.58. The lowest BCUT2D eigenvalue weighted by Crippen LogP contribution is -2.72. The average molecular weight is 347 g/mol. The van der Waals surface area contributed by atoms with Crippen molar-refractivity contribution in [1.29, 1.82) is 0 Å². The summed E-state index contributed by atoms with van der Waals surface area (Å²) in [7, 11) is -0.110. The van der Waals surface area contributed by atoms with Crippen molar-refractivity contribution < 1.29 is 57.8 Å². The molecule has 0 aromatic rings. The smallest absolute Gasteiger partial charge is 0.331 e. The van der Waals surface area contributed by atoms with Gasteiger partial charge in [0.05, 0.1) is 0 Å². The molecule has 2 nitrogen and oxygen atoms in total. The molecular weight excluding hydrogens is 342 g/mol. The lowest BCUT2D eigenvalue weighted by molar-refractivity contribution is -0.453. The second-order valence-electron chi connectivity index (χ2n) is 3.66. The highest BCUT2D eigenvalue weighted by Gasteiger charge is 2.90. The summed E-state index contributed by atoms with van der Waals surface area (Å²) in [6.45, 7) is 0. The number of hydrogen-bond donors (Lipinski definition) is 2. The van der Waals surface area contributed by atoms with Gasteiger partial charge in [-0.05, 0) is 7.05 Å². The Balaban J connectivity index is 6.14. The molecule has 0 saturated heterocycles. The third-order valence-electron chi connectivity index (χ3n) is 2.27. The first-order chi connectivity index (χ1) is 8.81. The Kier molecular flexibility index (Phi) is 4.58. The first-order valence-electron chi connectivity index (χ1n) is 4.49. The van der Waals surface area contributed by atoms with Crippen LogP contribution >= 0.6 is 0 Å². The van der Waals surface area contributed by atoms with Gasteiger partial charge in [0.15, 0.2) is 0 Å². The molecule has 0 heterocycles. The molecule has 0 fully saturated rings. The second-order valence-corrected chi connectivity index (χ2v) is 3.66. The largest absolute Gasteiger partial charge is 0.423 e. The molecule has 0 atom stereocenters.